The number of sulfone groups is 1. The lowest BCUT2D eigenvalue weighted by atomic mass is 9.92. The third-order valence-electron chi connectivity index (χ3n) is 5.21. The Labute approximate surface area is 162 Å². The Kier molecular flexibility index (Phi) is 5.74. The number of benzene rings is 1. The number of carbonyl (C=O) groups excluding carboxylic acids is 1. The van der Waals surface area contributed by atoms with Gasteiger partial charge in [0.2, 0.25) is 20.7 Å². The van der Waals surface area contributed by atoms with Crippen molar-refractivity contribution in [3.8, 4) is 0 Å². The molecule has 6 nitrogen and oxygen atoms in total. The van der Waals surface area contributed by atoms with Crippen LogP contribution in [0.3, 0.4) is 0 Å². The van der Waals surface area contributed by atoms with E-state index in [9.17, 15) is 17.6 Å². The van der Waals surface area contributed by atoms with Crippen LogP contribution < -0.4 is 0 Å². The number of carbonyl (C=O) groups is 1. The summed E-state index contributed by atoms with van der Waals surface area (Å²) in [6, 6.07) is 6.07. The van der Waals surface area contributed by atoms with E-state index in [4.69, 9.17) is 0 Å². The first-order valence-corrected chi connectivity index (χ1v) is 10.4. The molecule has 1 fully saturated rings. The van der Waals surface area contributed by atoms with E-state index in [2.05, 4.69) is 10.2 Å². The normalized spacial score (nSPS) is 17.9. The molecule has 9 heteroatoms. The Morgan fingerprint density at radius 3 is 2.57 bits per heavy atom. The average molecular weight is 409 g/mol. The fraction of sp³-hybridized carbons (Fsp3) is 0.421. The first kappa shape index (κ1) is 20.3. The minimum Gasteiger partial charge on any atom is -0.342 e. The molecule has 1 atom stereocenters. The quantitative estimate of drug-likeness (QED) is 0.758. The fourth-order valence-corrected chi connectivity index (χ4v) is 5.10. The lowest BCUT2D eigenvalue weighted by Crippen LogP contribution is -2.47. The molecule has 150 valence electrons. The highest BCUT2D eigenvalue weighted by Crippen LogP contribution is 2.39. The highest BCUT2D eigenvalue weighted by Gasteiger charge is 2.48. The zero-order valence-corrected chi connectivity index (χ0v) is 16.2. The van der Waals surface area contributed by atoms with E-state index < -0.39 is 26.6 Å². The van der Waals surface area contributed by atoms with Gasteiger partial charge in [0.05, 0.1) is 17.5 Å². The van der Waals surface area contributed by atoms with Gasteiger partial charge >= 0.3 is 0 Å². The summed E-state index contributed by atoms with van der Waals surface area (Å²) in [6.45, 7) is 1.55. The topological polar surface area (TPSA) is 80.2 Å². The molecule has 1 aromatic carbocycles. The van der Waals surface area contributed by atoms with Crippen LogP contribution in [0.25, 0.3) is 0 Å². The summed E-state index contributed by atoms with van der Waals surface area (Å²) in [4.78, 5) is 13.6. The van der Waals surface area contributed by atoms with Crippen molar-refractivity contribution in [1.29, 1.82) is 0 Å². The lowest BCUT2D eigenvalue weighted by molar-refractivity contribution is -0.132. The van der Waals surface area contributed by atoms with Crippen LogP contribution in [0.5, 0.6) is 0 Å². The van der Waals surface area contributed by atoms with Crippen molar-refractivity contribution in [3.63, 3.8) is 0 Å². The number of halogens is 2. The molecule has 1 amide bonds. The van der Waals surface area contributed by atoms with Crippen molar-refractivity contribution in [2.75, 3.05) is 13.1 Å². The van der Waals surface area contributed by atoms with Crippen molar-refractivity contribution in [1.82, 2.24) is 15.1 Å². The van der Waals surface area contributed by atoms with Gasteiger partial charge in [0.25, 0.3) is 0 Å². The average Bonchev–Trinajstić information content (AvgIpc) is 2.68. The van der Waals surface area contributed by atoms with Crippen LogP contribution in [0.15, 0.2) is 47.6 Å². The van der Waals surface area contributed by atoms with Gasteiger partial charge in [-0.25, -0.2) is 17.2 Å². The van der Waals surface area contributed by atoms with Gasteiger partial charge in [-0.3, -0.25) is 4.79 Å². The minimum absolute atomic E-state index is 0.125. The first-order chi connectivity index (χ1) is 13.2. The lowest BCUT2D eigenvalue weighted by Gasteiger charge is -2.37. The Balaban J connectivity index is 1.67. The van der Waals surface area contributed by atoms with Gasteiger partial charge < -0.3 is 4.90 Å². The van der Waals surface area contributed by atoms with Crippen molar-refractivity contribution in [2.24, 2.45) is 5.92 Å². The van der Waals surface area contributed by atoms with E-state index >= 15 is 4.39 Å². The minimum atomic E-state index is -4.37. The molecule has 0 bridgehead atoms. The van der Waals surface area contributed by atoms with Crippen LogP contribution in [0.2, 0.25) is 0 Å². The Hall–Kier alpha value is -2.42. The summed E-state index contributed by atoms with van der Waals surface area (Å²) in [7, 11) is -4.37. The van der Waals surface area contributed by atoms with Crippen LogP contribution in [0.4, 0.5) is 8.78 Å². The molecule has 0 radical (unpaired) electrons. The number of piperidine rings is 1. The Bertz CT molecular complexity index is 944. The smallest absolute Gasteiger partial charge is 0.227 e. The third-order valence-corrected chi connectivity index (χ3v) is 7.47. The van der Waals surface area contributed by atoms with E-state index in [0.717, 1.165) is 24.6 Å². The van der Waals surface area contributed by atoms with Gasteiger partial charge in [-0.2, -0.15) is 10.2 Å². The van der Waals surface area contributed by atoms with Crippen molar-refractivity contribution < 1.29 is 22.0 Å². The molecule has 3 rings (SSSR count). The third kappa shape index (κ3) is 4.04. The molecule has 1 aromatic heterocycles. The zero-order chi connectivity index (χ0) is 20.4. The van der Waals surface area contributed by atoms with E-state index in [1.165, 1.54) is 24.5 Å². The summed E-state index contributed by atoms with van der Waals surface area (Å²) < 4.78 is 54.3. The second-order valence-electron chi connectivity index (χ2n) is 7.03. The summed E-state index contributed by atoms with van der Waals surface area (Å²) in [5.74, 6) is -1.64. The standard InChI is InChI=1S/C19H21F2N3O3S/c1-19(21,28(26,27)17-4-2-3-16(20)12-17)15-6-9-24(10-7-15)18(25)11-14-5-8-22-23-13-14/h2-5,8,12-13,15H,6-7,9-11H2,1H3. The molecule has 0 saturated carbocycles. The largest absolute Gasteiger partial charge is 0.342 e. The number of nitrogens with zero attached hydrogens (tertiary/aromatic N) is 3. The number of hydrogen-bond acceptors (Lipinski definition) is 5. The Morgan fingerprint density at radius 1 is 1.25 bits per heavy atom. The van der Waals surface area contributed by atoms with Gasteiger partial charge in [0, 0.05) is 25.2 Å². The van der Waals surface area contributed by atoms with Gasteiger partial charge in [-0.1, -0.05) is 6.07 Å². The summed E-state index contributed by atoms with van der Waals surface area (Å²) in [6.07, 6.45) is 3.59. The molecule has 1 saturated heterocycles. The predicted octanol–water partition coefficient (Wildman–Crippen LogP) is 2.56. The summed E-state index contributed by atoms with van der Waals surface area (Å²) in [5.41, 5.74) is 0.728. The van der Waals surface area contributed by atoms with Gasteiger partial charge in [0.15, 0.2) is 0 Å². The second-order valence-corrected chi connectivity index (χ2v) is 9.31. The zero-order valence-electron chi connectivity index (χ0n) is 15.4. The Morgan fingerprint density at radius 2 is 1.96 bits per heavy atom. The van der Waals surface area contributed by atoms with Crippen molar-refractivity contribution in [2.45, 2.75) is 36.1 Å². The summed E-state index contributed by atoms with van der Waals surface area (Å²) in [5, 5.41) is 4.83. The number of rotatable bonds is 5. The van der Waals surface area contributed by atoms with Crippen LogP contribution in [-0.2, 0) is 21.1 Å². The predicted molar refractivity (Wildman–Crippen MR) is 98.1 cm³/mol. The van der Waals surface area contributed by atoms with Gasteiger partial charge in [-0.05, 0) is 49.6 Å². The number of likely N-dealkylation sites (tertiary alicyclic amines) is 1. The maximum atomic E-state index is 15.4. The van der Waals surface area contributed by atoms with E-state index in [-0.39, 0.29) is 43.2 Å². The molecular weight excluding hydrogens is 388 g/mol. The maximum absolute atomic E-state index is 15.4. The van der Waals surface area contributed by atoms with E-state index in [0.29, 0.717) is 0 Å². The first-order valence-electron chi connectivity index (χ1n) is 8.94. The molecular formula is C19H21F2N3O3S. The van der Waals surface area contributed by atoms with Gasteiger partial charge in [-0.15, -0.1) is 0 Å². The van der Waals surface area contributed by atoms with Crippen LogP contribution in [0, 0.1) is 11.7 Å². The number of alkyl halides is 1. The SMILES string of the molecule is CC(F)(C1CCN(C(=O)Cc2ccnnc2)CC1)S(=O)(=O)c1cccc(F)c1. The second kappa shape index (κ2) is 7.90. The molecule has 2 aromatic rings. The monoisotopic (exact) mass is 409 g/mol. The molecule has 2 heterocycles. The van der Waals surface area contributed by atoms with Crippen molar-refractivity contribution in [3.05, 3.63) is 54.1 Å². The van der Waals surface area contributed by atoms with Crippen molar-refractivity contribution >= 4 is 15.7 Å². The van der Waals surface area contributed by atoms with Gasteiger partial charge in [0.1, 0.15) is 5.82 Å². The molecule has 0 aliphatic carbocycles. The molecule has 28 heavy (non-hydrogen) atoms. The summed E-state index contributed by atoms with van der Waals surface area (Å²) >= 11 is 0. The molecule has 0 N–H and O–H groups in total. The molecule has 1 aliphatic heterocycles. The highest BCUT2D eigenvalue weighted by molar-refractivity contribution is 7.92. The molecule has 1 unspecified atom stereocenters. The van der Waals surface area contributed by atoms with E-state index in [1.54, 1.807) is 11.0 Å². The highest BCUT2D eigenvalue weighted by atomic mass is 32.2. The van der Waals surface area contributed by atoms with Crippen LogP contribution >= 0.6 is 0 Å². The van der Waals surface area contributed by atoms with E-state index in [1.807, 2.05) is 0 Å². The number of aromatic nitrogens is 2. The molecule has 1 aliphatic rings. The maximum Gasteiger partial charge on any atom is 0.227 e. The number of hydrogen-bond donors (Lipinski definition) is 0. The number of amides is 1. The van der Waals surface area contributed by atoms with Crippen LogP contribution in [0.1, 0.15) is 25.3 Å². The molecule has 0 spiro atoms. The fourth-order valence-electron chi connectivity index (χ4n) is 3.44. The van der Waals surface area contributed by atoms with Crippen LogP contribution in [-0.4, -0.2) is 47.5 Å².